The van der Waals surface area contributed by atoms with Crippen LogP contribution in [0, 0.1) is 5.82 Å². The smallest absolute Gasteiger partial charge is 0.315 e. The van der Waals surface area contributed by atoms with Crippen molar-refractivity contribution in [2.75, 3.05) is 0 Å². The molecule has 0 radical (unpaired) electrons. The Hall–Kier alpha value is -1.58. The van der Waals surface area contributed by atoms with Crippen molar-refractivity contribution in [3.63, 3.8) is 0 Å². The van der Waals surface area contributed by atoms with E-state index in [1.165, 1.54) is 6.07 Å². The number of hydrogen-bond donors (Lipinski definition) is 2. The zero-order chi connectivity index (χ0) is 11.9. The van der Waals surface area contributed by atoms with Crippen molar-refractivity contribution >= 4 is 6.03 Å². The zero-order valence-electron chi connectivity index (χ0n) is 9.50. The summed E-state index contributed by atoms with van der Waals surface area (Å²) in [6.07, 6.45) is 3.73. The van der Waals surface area contributed by atoms with Crippen LogP contribution in [0.15, 0.2) is 24.3 Å². The van der Waals surface area contributed by atoms with Crippen LogP contribution in [-0.2, 0) is 5.54 Å². The average molecular weight is 234 g/mol. The number of nitrogens with one attached hydrogen (secondary N) is 2. The van der Waals surface area contributed by atoms with Gasteiger partial charge in [0.05, 0.1) is 5.54 Å². The molecule has 2 amide bonds. The molecule has 1 aromatic carbocycles. The summed E-state index contributed by atoms with van der Waals surface area (Å²) in [4.78, 5) is 11.7. The van der Waals surface area contributed by atoms with Crippen LogP contribution in [0.1, 0.15) is 31.2 Å². The van der Waals surface area contributed by atoms with Crippen molar-refractivity contribution < 1.29 is 9.18 Å². The van der Waals surface area contributed by atoms with Crippen LogP contribution in [0.25, 0.3) is 0 Å². The van der Waals surface area contributed by atoms with E-state index in [1.807, 2.05) is 0 Å². The van der Waals surface area contributed by atoms with E-state index in [2.05, 4.69) is 10.6 Å². The number of benzene rings is 1. The van der Waals surface area contributed by atoms with Gasteiger partial charge in [0, 0.05) is 11.6 Å². The Morgan fingerprint density at radius 1 is 1.29 bits per heavy atom. The van der Waals surface area contributed by atoms with E-state index in [-0.39, 0.29) is 11.8 Å². The van der Waals surface area contributed by atoms with Crippen LogP contribution < -0.4 is 10.6 Å². The molecule has 2 aliphatic rings. The molecule has 4 heteroatoms. The van der Waals surface area contributed by atoms with Crippen molar-refractivity contribution in [3.8, 4) is 0 Å². The minimum atomic E-state index is -0.468. The number of urea groups is 1. The SMILES string of the molecule is O=C(NC1CC1)NC1(c2ccccc2F)CC1. The van der Waals surface area contributed by atoms with Gasteiger partial charge < -0.3 is 10.6 Å². The molecule has 17 heavy (non-hydrogen) atoms. The molecule has 0 unspecified atom stereocenters. The predicted molar refractivity (Wildman–Crippen MR) is 62.0 cm³/mol. The molecule has 2 fully saturated rings. The zero-order valence-corrected chi connectivity index (χ0v) is 9.50. The van der Waals surface area contributed by atoms with Crippen LogP contribution in [0.3, 0.4) is 0 Å². The molecule has 0 aromatic heterocycles. The lowest BCUT2D eigenvalue weighted by Gasteiger charge is -2.18. The van der Waals surface area contributed by atoms with Gasteiger partial charge in [-0.2, -0.15) is 0 Å². The standard InChI is InChI=1S/C13H15FN2O/c14-11-4-2-1-3-10(11)13(7-8-13)16-12(17)15-9-5-6-9/h1-4,9H,5-8H2,(H2,15,16,17). The van der Waals surface area contributed by atoms with E-state index in [1.54, 1.807) is 18.2 Å². The van der Waals surface area contributed by atoms with Crippen LogP contribution in [0.5, 0.6) is 0 Å². The average Bonchev–Trinajstić information content (AvgIpc) is 3.17. The fourth-order valence-electron chi connectivity index (χ4n) is 2.10. The highest BCUT2D eigenvalue weighted by Crippen LogP contribution is 2.46. The van der Waals surface area contributed by atoms with E-state index >= 15 is 0 Å². The highest BCUT2D eigenvalue weighted by molar-refractivity contribution is 5.76. The number of halogens is 1. The lowest BCUT2D eigenvalue weighted by Crippen LogP contribution is -2.43. The third-order valence-electron chi connectivity index (χ3n) is 3.40. The summed E-state index contributed by atoms with van der Waals surface area (Å²) in [7, 11) is 0. The van der Waals surface area contributed by atoms with Crippen molar-refractivity contribution in [1.82, 2.24) is 10.6 Å². The Bertz CT molecular complexity index is 452. The first kappa shape index (κ1) is 10.6. The quantitative estimate of drug-likeness (QED) is 0.827. The Morgan fingerprint density at radius 3 is 2.59 bits per heavy atom. The van der Waals surface area contributed by atoms with E-state index < -0.39 is 5.54 Å². The van der Waals surface area contributed by atoms with Crippen molar-refractivity contribution in [2.45, 2.75) is 37.3 Å². The molecule has 2 N–H and O–H groups in total. The van der Waals surface area contributed by atoms with Crippen molar-refractivity contribution in [2.24, 2.45) is 0 Å². The Labute approximate surface area is 99.4 Å². The lowest BCUT2D eigenvalue weighted by molar-refractivity contribution is 0.235. The number of rotatable bonds is 3. The molecule has 1 aromatic rings. The van der Waals surface area contributed by atoms with Gasteiger partial charge in [0.1, 0.15) is 5.82 Å². The van der Waals surface area contributed by atoms with Gasteiger partial charge in [0.25, 0.3) is 0 Å². The van der Waals surface area contributed by atoms with Crippen LogP contribution in [0.2, 0.25) is 0 Å². The first-order valence-electron chi connectivity index (χ1n) is 6.03. The van der Waals surface area contributed by atoms with Crippen molar-refractivity contribution in [1.29, 1.82) is 0 Å². The summed E-state index contributed by atoms with van der Waals surface area (Å²) in [5.41, 5.74) is 0.135. The second-order valence-corrected chi connectivity index (χ2v) is 4.93. The molecular weight excluding hydrogens is 219 g/mol. The highest BCUT2D eigenvalue weighted by atomic mass is 19.1. The second kappa shape index (κ2) is 3.72. The Balaban J connectivity index is 1.72. The minimum absolute atomic E-state index is 0.173. The summed E-state index contributed by atoms with van der Waals surface area (Å²) < 4.78 is 13.7. The minimum Gasteiger partial charge on any atom is -0.335 e. The van der Waals surface area contributed by atoms with Gasteiger partial charge in [-0.25, -0.2) is 9.18 Å². The maximum absolute atomic E-state index is 13.7. The Morgan fingerprint density at radius 2 is 2.00 bits per heavy atom. The van der Waals surface area contributed by atoms with E-state index in [4.69, 9.17) is 0 Å². The summed E-state index contributed by atoms with van der Waals surface area (Å²) in [5, 5.41) is 5.77. The molecular formula is C13H15FN2O. The molecule has 90 valence electrons. The molecule has 0 atom stereocenters. The van der Waals surface area contributed by atoms with Gasteiger partial charge in [-0.05, 0) is 31.7 Å². The summed E-state index contributed by atoms with van der Waals surface area (Å²) >= 11 is 0. The van der Waals surface area contributed by atoms with Gasteiger partial charge in [0.2, 0.25) is 0 Å². The fourth-order valence-corrected chi connectivity index (χ4v) is 2.10. The molecule has 0 bridgehead atoms. The number of hydrogen-bond acceptors (Lipinski definition) is 1. The fraction of sp³-hybridized carbons (Fsp3) is 0.462. The first-order valence-corrected chi connectivity index (χ1v) is 6.03. The molecule has 0 spiro atoms. The monoisotopic (exact) mass is 234 g/mol. The van der Waals surface area contributed by atoms with Crippen LogP contribution in [-0.4, -0.2) is 12.1 Å². The Kier molecular flexibility index (Phi) is 2.31. The highest BCUT2D eigenvalue weighted by Gasteiger charge is 2.47. The van der Waals surface area contributed by atoms with Crippen LogP contribution in [0.4, 0.5) is 9.18 Å². The molecule has 0 saturated heterocycles. The summed E-state index contributed by atoms with van der Waals surface area (Å²) in [6, 6.07) is 6.81. The van der Waals surface area contributed by atoms with Crippen LogP contribution >= 0.6 is 0 Å². The van der Waals surface area contributed by atoms with E-state index in [0.29, 0.717) is 11.6 Å². The second-order valence-electron chi connectivity index (χ2n) is 4.93. The van der Waals surface area contributed by atoms with Gasteiger partial charge in [0.15, 0.2) is 0 Å². The number of carbonyl (C=O) groups excluding carboxylic acids is 1. The lowest BCUT2D eigenvalue weighted by atomic mass is 10.0. The molecule has 3 rings (SSSR count). The van der Waals surface area contributed by atoms with Gasteiger partial charge in [-0.3, -0.25) is 0 Å². The van der Waals surface area contributed by atoms with E-state index in [0.717, 1.165) is 25.7 Å². The molecule has 3 nitrogen and oxygen atoms in total. The third kappa shape index (κ3) is 2.12. The molecule has 2 saturated carbocycles. The molecule has 2 aliphatic carbocycles. The van der Waals surface area contributed by atoms with Gasteiger partial charge in [-0.15, -0.1) is 0 Å². The van der Waals surface area contributed by atoms with E-state index in [9.17, 15) is 9.18 Å². The topological polar surface area (TPSA) is 41.1 Å². The predicted octanol–water partition coefficient (Wildman–Crippen LogP) is 2.28. The maximum Gasteiger partial charge on any atom is 0.315 e. The number of carbonyl (C=O) groups is 1. The third-order valence-corrected chi connectivity index (χ3v) is 3.40. The van der Waals surface area contributed by atoms with Gasteiger partial charge >= 0.3 is 6.03 Å². The molecule has 0 aliphatic heterocycles. The molecule has 0 heterocycles. The maximum atomic E-state index is 13.7. The normalized spacial score (nSPS) is 20.8. The van der Waals surface area contributed by atoms with Gasteiger partial charge in [-0.1, -0.05) is 18.2 Å². The largest absolute Gasteiger partial charge is 0.335 e. The first-order chi connectivity index (χ1) is 8.20. The number of amides is 2. The summed E-state index contributed by atoms with van der Waals surface area (Å²) in [6.45, 7) is 0. The van der Waals surface area contributed by atoms with Crippen molar-refractivity contribution in [3.05, 3.63) is 35.6 Å². The summed E-state index contributed by atoms with van der Waals surface area (Å²) in [5.74, 6) is -0.239.